The summed E-state index contributed by atoms with van der Waals surface area (Å²) in [5, 5.41) is 5.54. The maximum absolute atomic E-state index is 12.7. The molecule has 1 aromatic rings. The molecule has 1 aliphatic heterocycles. The number of nitrogens with one attached hydrogen (secondary N) is 2. The second-order valence-corrected chi connectivity index (χ2v) is 4.72. The lowest BCUT2D eigenvalue weighted by Crippen LogP contribution is -2.35. The molecule has 6 heteroatoms. The molecule has 1 aromatic carbocycles. The van der Waals surface area contributed by atoms with Gasteiger partial charge in [-0.1, -0.05) is 0 Å². The van der Waals surface area contributed by atoms with Gasteiger partial charge in [-0.2, -0.15) is 13.2 Å². The second-order valence-electron chi connectivity index (χ2n) is 4.72. The lowest BCUT2D eigenvalue weighted by atomic mass is 10.1. The first-order chi connectivity index (χ1) is 8.86. The van der Waals surface area contributed by atoms with Crippen LogP contribution in [0.2, 0.25) is 0 Å². The molecule has 1 aliphatic rings. The number of rotatable bonds is 2. The van der Waals surface area contributed by atoms with Crippen LogP contribution in [0.15, 0.2) is 18.2 Å². The van der Waals surface area contributed by atoms with Gasteiger partial charge in [0.2, 0.25) is 5.91 Å². The summed E-state index contributed by atoms with van der Waals surface area (Å²) >= 11 is 0. The highest BCUT2D eigenvalue weighted by Gasteiger charge is 2.31. The summed E-state index contributed by atoms with van der Waals surface area (Å²) in [4.78, 5) is 11.8. The number of halogens is 3. The lowest BCUT2D eigenvalue weighted by Gasteiger charge is -2.14. The highest BCUT2D eigenvalue weighted by molar-refractivity contribution is 5.95. The van der Waals surface area contributed by atoms with E-state index in [4.69, 9.17) is 0 Å². The van der Waals surface area contributed by atoms with Gasteiger partial charge in [-0.25, -0.2) is 0 Å². The van der Waals surface area contributed by atoms with Gasteiger partial charge >= 0.3 is 6.18 Å². The van der Waals surface area contributed by atoms with Crippen molar-refractivity contribution in [3.05, 3.63) is 29.3 Å². The van der Waals surface area contributed by atoms with Crippen LogP contribution in [0.3, 0.4) is 0 Å². The standard InChI is InChI=1S/C13H15F3N2O/c1-8-5-9(13(14,15)16)7-10(6-8)18-12(19)11-3-2-4-17-11/h5-7,11,17H,2-4H2,1H3,(H,18,19). The number of carbonyl (C=O) groups excluding carboxylic acids is 1. The van der Waals surface area contributed by atoms with Gasteiger partial charge < -0.3 is 10.6 Å². The minimum Gasteiger partial charge on any atom is -0.325 e. The van der Waals surface area contributed by atoms with E-state index in [0.717, 1.165) is 25.1 Å². The van der Waals surface area contributed by atoms with Crippen molar-refractivity contribution < 1.29 is 18.0 Å². The zero-order chi connectivity index (χ0) is 14.0. The molecule has 2 rings (SSSR count). The predicted molar refractivity (Wildman–Crippen MR) is 65.8 cm³/mol. The molecule has 0 bridgehead atoms. The highest BCUT2D eigenvalue weighted by atomic mass is 19.4. The van der Waals surface area contributed by atoms with Crippen molar-refractivity contribution in [2.75, 3.05) is 11.9 Å². The third kappa shape index (κ3) is 3.47. The Bertz CT molecular complexity index is 479. The van der Waals surface area contributed by atoms with E-state index in [1.807, 2.05) is 0 Å². The molecule has 2 N–H and O–H groups in total. The number of amides is 1. The summed E-state index contributed by atoms with van der Waals surface area (Å²) in [7, 11) is 0. The smallest absolute Gasteiger partial charge is 0.325 e. The Morgan fingerprint density at radius 2 is 2.11 bits per heavy atom. The lowest BCUT2D eigenvalue weighted by molar-refractivity contribution is -0.137. The second kappa shape index (κ2) is 5.21. The third-order valence-electron chi connectivity index (χ3n) is 3.05. The first kappa shape index (κ1) is 13.9. The largest absolute Gasteiger partial charge is 0.416 e. The summed E-state index contributed by atoms with van der Waals surface area (Å²) < 4.78 is 38.0. The quantitative estimate of drug-likeness (QED) is 0.869. The first-order valence-corrected chi connectivity index (χ1v) is 6.09. The van der Waals surface area contributed by atoms with Crippen molar-refractivity contribution in [3.63, 3.8) is 0 Å². The summed E-state index contributed by atoms with van der Waals surface area (Å²) in [6, 6.07) is 3.24. The van der Waals surface area contributed by atoms with Crippen LogP contribution < -0.4 is 10.6 Å². The Morgan fingerprint density at radius 1 is 1.37 bits per heavy atom. The van der Waals surface area contributed by atoms with Crippen LogP contribution >= 0.6 is 0 Å². The molecule has 1 atom stereocenters. The zero-order valence-electron chi connectivity index (χ0n) is 10.5. The van der Waals surface area contributed by atoms with Gasteiger partial charge in [0.15, 0.2) is 0 Å². The van der Waals surface area contributed by atoms with E-state index < -0.39 is 11.7 Å². The molecule has 104 valence electrons. The molecular formula is C13H15F3N2O. The molecular weight excluding hydrogens is 257 g/mol. The van der Waals surface area contributed by atoms with Crippen LogP contribution in [0.4, 0.5) is 18.9 Å². The first-order valence-electron chi connectivity index (χ1n) is 6.09. The van der Waals surface area contributed by atoms with Crippen LogP contribution in [-0.4, -0.2) is 18.5 Å². The molecule has 1 unspecified atom stereocenters. The summed E-state index contributed by atoms with van der Waals surface area (Å²) in [6.07, 6.45) is -2.79. The van der Waals surface area contributed by atoms with Gasteiger partial charge in [0.05, 0.1) is 11.6 Å². The number of benzene rings is 1. The number of carbonyl (C=O) groups is 1. The fraction of sp³-hybridized carbons (Fsp3) is 0.462. The molecule has 0 saturated carbocycles. The van der Waals surface area contributed by atoms with Crippen LogP contribution in [0.1, 0.15) is 24.0 Å². The third-order valence-corrected chi connectivity index (χ3v) is 3.05. The zero-order valence-corrected chi connectivity index (χ0v) is 10.5. The van der Waals surface area contributed by atoms with E-state index in [1.165, 1.54) is 6.07 Å². The normalized spacial score (nSPS) is 19.5. The van der Waals surface area contributed by atoms with E-state index in [9.17, 15) is 18.0 Å². The summed E-state index contributed by atoms with van der Waals surface area (Å²) in [6.45, 7) is 2.33. The monoisotopic (exact) mass is 272 g/mol. The van der Waals surface area contributed by atoms with Crippen molar-refractivity contribution in [1.82, 2.24) is 5.32 Å². The van der Waals surface area contributed by atoms with Crippen molar-refractivity contribution in [2.45, 2.75) is 32.0 Å². The SMILES string of the molecule is Cc1cc(NC(=O)C2CCCN2)cc(C(F)(F)F)c1. The predicted octanol–water partition coefficient (Wildman–Crippen LogP) is 2.70. The molecule has 19 heavy (non-hydrogen) atoms. The molecule has 1 saturated heterocycles. The summed E-state index contributed by atoms with van der Waals surface area (Å²) in [5.74, 6) is -0.281. The Balaban J connectivity index is 2.16. The Kier molecular flexibility index (Phi) is 3.80. The molecule has 0 aromatic heterocycles. The van der Waals surface area contributed by atoms with E-state index in [-0.39, 0.29) is 17.6 Å². The van der Waals surface area contributed by atoms with Gasteiger partial charge in [-0.3, -0.25) is 4.79 Å². The summed E-state index contributed by atoms with van der Waals surface area (Å²) in [5.41, 5.74) is -0.0993. The maximum atomic E-state index is 12.7. The van der Waals surface area contributed by atoms with Crippen molar-refractivity contribution in [2.24, 2.45) is 0 Å². The van der Waals surface area contributed by atoms with Gasteiger partial charge in [0.1, 0.15) is 0 Å². The van der Waals surface area contributed by atoms with Gasteiger partial charge in [0, 0.05) is 5.69 Å². The van der Waals surface area contributed by atoms with E-state index in [0.29, 0.717) is 12.0 Å². The number of aryl methyl sites for hydroxylation is 1. The highest BCUT2D eigenvalue weighted by Crippen LogP contribution is 2.31. The molecule has 0 aliphatic carbocycles. The average molecular weight is 272 g/mol. The van der Waals surface area contributed by atoms with Crippen LogP contribution in [0.25, 0.3) is 0 Å². The van der Waals surface area contributed by atoms with Crippen molar-refractivity contribution >= 4 is 11.6 Å². The van der Waals surface area contributed by atoms with Gasteiger partial charge in [-0.15, -0.1) is 0 Å². The van der Waals surface area contributed by atoms with Crippen LogP contribution in [-0.2, 0) is 11.0 Å². The van der Waals surface area contributed by atoms with Crippen molar-refractivity contribution in [3.8, 4) is 0 Å². The molecule has 0 radical (unpaired) electrons. The average Bonchev–Trinajstić information content (AvgIpc) is 2.80. The minimum atomic E-state index is -4.41. The fourth-order valence-electron chi connectivity index (χ4n) is 2.16. The fourth-order valence-corrected chi connectivity index (χ4v) is 2.16. The number of hydrogen-bond donors (Lipinski definition) is 2. The Morgan fingerprint density at radius 3 is 2.68 bits per heavy atom. The Hall–Kier alpha value is -1.56. The van der Waals surface area contributed by atoms with Crippen LogP contribution in [0.5, 0.6) is 0 Å². The van der Waals surface area contributed by atoms with E-state index >= 15 is 0 Å². The maximum Gasteiger partial charge on any atom is 0.416 e. The molecule has 1 amide bonds. The molecule has 0 spiro atoms. The molecule has 1 fully saturated rings. The van der Waals surface area contributed by atoms with Gasteiger partial charge in [-0.05, 0) is 50.1 Å². The van der Waals surface area contributed by atoms with Crippen molar-refractivity contribution in [1.29, 1.82) is 0 Å². The molecule has 3 nitrogen and oxygen atoms in total. The number of alkyl halides is 3. The topological polar surface area (TPSA) is 41.1 Å². The van der Waals surface area contributed by atoms with Crippen LogP contribution in [0, 0.1) is 6.92 Å². The Labute approximate surface area is 109 Å². The van der Waals surface area contributed by atoms with Gasteiger partial charge in [0.25, 0.3) is 0 Å². The van der Waals surface area contributed by atoms with E-state index in [2.05, 4.69) is 10.6 Å². The van der Waals surface area contributed by atoms with E-state index in [1.54, 1.807) is 6.92 Å². The molecule has 1 heterocycles. The number of anilines is 1. The number of hydrogen-bond acceptors (Lipinski definition) is 2. The minimum absolute atomic E-state index is 0.186.